The molecule has 0 aromatic carbocycles. The van der Waals surface area contributed by atoms with Crippen molar-refractivity contribution in [1.82, 2.24) is 9.88 Å². The first kappa shape index (κ1) is 11.9. The zero-order valence-electron chi connectivity index (χ0n) is 10.6. The van der Waals surface area contributed by atoms with Gasteiger partial charge in [0, 0.05) is 24.3 Å². The monoisotopic (exact) mass is 253 g/mol. The van der Waals surface area contributed by atoms with Crippen molar-refractivity contribution in [1.29, 1.82) is 5.26 Å². The van der Waals surface area contributed by atoms with Crippen LogP contribution in [0, 0.1) is 11.3 Å². The highest BCUT2D eigenvalue weighted by Gasteiger charge is 2.30. The molecule has 2 heterocycles. The first-order valence-corrected chi connectivity index (χ1v) is 6.47. The maximum Gasteiger partial charge on any atom is 0.144 e. The first-order chi connectivity index (χ1) is 9.36. The van der Waals surface area contributed by atoms with E-state index in [1.807, 2.05) is 24.3 Å². The van der Waals surface area contributed by atoms with E-state index in [0.717, 1.165) is 24.4 Å². The summed E-state index contributed by atoms with van der Waals surface area (Å²) in [5, 5.41) is 9.09. The van der Waals surface area contributed by atoms with Crippen molar-refractivity contribution in [3.63, 3.8) is 0 Å². The summed E-state index contributed by atoms with van der Waals surface area (Å²) >= 11 is 0. The van der Waals surface area contributed by atoms with Crippen LogP contribution in [0.15, 0.2) is 41.1 Å². The van der Waals surface area contributed by atoms with Gasteiger partial charge in [-0.1, -0.05) is 6.07 Å². The highest BCUT2D eigenvalue weighted by Crippen LogP contribution is 2.30. The van der Waals surface area contributed by atoms with Crippen LogP contribution < -0.4 is 0 Å². The molecule has 4 heteroatoms. The Labute approximate surface area is 112 Å². The topological polar surface area (TPSA) is 53.1 Å². The molecule has 0 amide bonds. The Morgan fingerprint density at radius 2 is 2.21 bits per heavy atom. The lowest BCUT2D eigenvalue weighted by Gasteiger charge is -2.21. The van der Waals surface area contributed by atoms with Crippen molar-refractivity contribution < 1.29 is 4.42 Å². The number of hydrogen-bond donors (Lipinski definition) is 0. The van der Waals surface area contributed by atoms with E-state index in [1.165, 1.54) is 12.8 Å². The number of aromatic nitrogens is 1. The average Bonchev–Trinajstić information content (AvgIpc) is 3.17. The van der Waals surface area contributed by atoms with Gasteiger partial charge in [-0.2, -0.15) is 5.26 Å². The van der Waals surface area contributed by atoms with Crippen molar-refractivity contribution in [3.8, 4) is 6.07 Å². The van der Waals surface area contributed by atoms with Crippen LogP contribution in [0.25, 0.3) is 0 Å². The molecule has 3 rings (SSSR count). The fourth-order valence-corrected chi connectivity index (χ4v) is 2.24. The van der Waals surface area contributed by atoms with Crippen LogP contribution in [0.2, 0.25) is 0 Å². The average molecular weight is 253 g/mol. The van der Waals surface area contributed by atoms with Crippen LogP contribution in [-0.4, -0.2) is 15.9 Å². The van der Waals surface area contributed by atoms with Gasteiger partial charge in [0.1, 0.15) is 17.5 Å². The second-order valence-electron chi connectivity index (χ2n) is 4.84. The van der Waals surface area contributed by atoms with Crippen LogP contribution in [-0.2, 0) is 13.1 Å². The van der Waals surface area contributed by atoms with Gasteiger partial charge in [-0.25, -0.2) is 4.98 Å². The molecule has 1 aliphatic rings. The summed E-state index contributed by atoms with van der Waals surface area (Å²) < 4.78 is 5.41. The lowest BCUT2D eigenvalue weighted by Crippen LogP contribution is -2.25. The maximum atomic E-state index is 9.09. The molecule has 1 aliphatic carbocycles. The summed E-state index contributed by atoms with van der Waals surface area (Å²) in [6, 6.07) is 10.5. The van der Waals surface area contributed by atoms with E-state index in [0.29, 0.717) is 11.7 Å². The molecule has 0 aliphatic heterocycles. The number of furan rings is 1. The van der Waals surface area contributed by atoms with Crippen LogP contribution in [0.4, 0.5) is 0 Å². The summed E-state index contributed by atoms with van der Waals surface area (Å²) in [7, 11) is 0. The van der Waals surface area contributed by atoms with Gasteiger partial charge in [-0.15, -0.1) is 0 Å². The smallest absolute Gasteiger partial charge is 0.144 e. The Balaban J connectivity index is 1.76. The normalized spacial score (nSPS) is 14.5. The zero-order valence-corrected chi connectivity index (χ0v) is 10.6. The van der Waals surface area contributed by atoms with Gasteiger partial charge >= 0.3 is 0 Å². The Bertz CT molecular complexity index is 582. The second-order valence-corrected chi connectivity index (χ2v) is 4.84. The van der Waals surface area contributed by atoms with Crippen LogP contribution in [0.5, 0.6) is 0 Å². The molecule has 4 nitrogen and oxygen atoms in total. The number of nitrogens with zero attached hydrogens (tertiary/aromatic N) is 3. The molecular weight excluding hydrogens is 238 g/mol. The Morgan fingerprint density at radius 1 is 1.32 bits per heavy atom. The Kier molecular flexibility index (Phi) is 3.30. The van der Waals surface area contributed by atoms with Crippen LogP contribution in [0.3, 0.4) is 0 Å². The van der Waals surface area contributed by atoms with E-state index in [-0.39, 0.29) is 0 Å². The Hall–Kier alpha value is -2.12. The fourth-order valence-electron chi connectivity index (χ4n) is 2.24. The molecule has 96 valence electrons. The highest BCUT2D eigenvalue weighted by molar-refractivity contribution is 5.30. The molecule has 0 N–H and O–H groups in total. The van der Waals surface area contributed by atoms with Gasteiger partial charge in [0.25, 0.3) is 0 Å². The fraction of sp³-hybridized carbons (Fsp3) is 0.333. The Morgan fingerprint density at radius 3 is 2.89 bits per heavy atom. The van der Waals surface area contributed by atoms with Crippen molar-refractivity contribution >= 4 is 0 Å². The van der Waals surface area contributed by atoms with E-state index in [2.05, 4.69) is 16.0 Å². The van der Waals surface area contributed by atoms with Gasteiger partial charge < -0.3 is 4.42 Å². The molecular formula is C15H15N3O. The summed E-state index contributed by atoms with van der Waals surface area (Å²) in [6.45, 7) is 1.54. The summed E-state index contributed by atoms with van der Waals surface area (Å²) in [5.41, 5.74) is 1.51. The zero-order chi connectivity index (χ0) is 13.1. The molecule has 2 aromatic rings. The minimum atomic E-state index is 0.521. The quantitative estimate of drug-likeness (QED) is 0.822. The van der Waals surface area contributed by atoms with E-state index < -0.39 is 0 Å². The van der Waals surface area contributed by atoms with Crippen LogP contribution in [0.1, 0.15) is 29.9 Å². The lowest BCUT2D eigenvalue weighted by molar-refractivity contribution is 0.225. The number of hydrogen-bond acceptors (Lipinski definition) is 4. The lowest BCUT2D eigenvalue weighted by atomic mass is 10.2. The van der Waals surface area contributed by atoms with Crippen molar-refractivity contribution in [2.75, 3.05) is 0 Å². The molecule has 0 saturated heterocycles. The largest absolute Gasteiger partial charge is 0.468 e. The molecule has 1 fully saturated rings. The molecule has 0 unspecified atom stereocenters. The van der Waals surface area contributed by atoms with Crippen LogP contribution >= 0.6 is 0 Å². The molecule has 1 saturated carbocycles. The van der Waals surface area contributed by atoms with Gasteiger partial charge in [0.2, 0.25) is 0 Å². The molecule has 0 spiro atoms. The van der Waals surface area contributed by atoms with Gasteiger partial charge in [0.15, 0.2) is 0 Å². The maximum absolute atomic E-state index is 9.09. The third-order valence-corrected chi connectivity index (χ3v) is 3.37. The van der Waals surface area contributed by atoms with Gasteiger partial charge in [-0.3, -0.25) is 4.90 Å². The van der Waals surface area contributed by atoms with Crippen molar-refractivity contribution in [3.05, 3.63) is 53.7 Å². The molecule has 0 atom stereocenters. The third-order valence-electron chi connectivity index (χ3n) is 3.37. The highest BCUT2D eigenvalue weighted by atomic mass is 16.3. The van der Waals surface area contributed by atoms with Gasteiger partial charge in [-0.05, 0) is 31.0 Å². The SMILES string of the molecule is N#Cc1ncccc1CN(Cc1ccco1)C1CC1. The number of rotatable bonds is 5. The van der Waals surface area contributed by atoms with E-state index in [4.69, 9.17) is 9.68 Å². The predicted octanol–water partition coefficient (Wildman–Crippen LogP) is 2.71. The van der Waals surface area contributed by atoms with Crippen molar-refractivity contribution in [2.24, 2.45) is 0 Å². The summed E-state index contributed by atoms with van der Waals surface area (Å²) in [4.78, 5) is 6.47. The van der Waals surface area contributed by atoms with E-state index >= 15 is 0 Å². The molecule has 2 aromatic heterocycles. The number of nitriles is 1. The third kappa shape index (κ3) is 2.83. The first-order valence-electron chi connectivity index (χ1n) is 6.47. The van der Waals surface area contributed by atoms with E-state index in [9.17, 15) is 0 Å². The summed E-state index contributed by atoms with van der Waals surface area (Å²) in [5.74, 6) is 0.967. The van der Waals surface area contributed by atoms with E-state index in [1.54, 1.807) is 12.5 Å². The predicted molar refractivity (Wildman–Crippen MR) is 69.9 cm³/mol. The minimum Gasteiger partial charge on any atom is -0.468 e. The number of pyridine rings is 1. The molecule has 19 heavy (non-hydrogen) atoms. The summed E-state index contributed by atoms with van der Waals surface area (Å²) in [6.07, 6.45) is 5.81. The standard InChI is InChI=1S/C15H15N3O/c16-9-15-12(3-1-7-17-15)10-18(13-5-6-13)11-14-4-2-8-19-14/h1-4,7-8,13H,5-6,10-11H2. The minimum absolute atomic E-state index is 0.521. The molecule has 0 bridgehead atoms. The second kappa shape index (κ2) is 5.25. The van der Waals surface area contributed by atoms with Crippen molar-refractivity contribution in [2.45, 2.75) is 32.0 Å². The molecule has 0 radical (unpaired) electrons. The van der Waals surface area contributed by atoms with Gasteiger partial charge in [0.05, 0.1) is 12.8 Å².